The lowest BCUT2D eigenvalue weighted by atomic mass is 10.1. The predicted molar refractivity (Wildman–Crippen MR) is 121 cm³/mol. The average molecular weight is 391 g/mol. The minimum absolute atomic E-state index is 0.374. The molecule has 0 aliphatic carbocycles. The number of ether oxygens (including phenoxy) is 1. The Morgan fingerprint density at radius 2 is 1.21 bits per heavy atom. The second kappa shape index (κ2) is 17.5. The second-order valence-corrected chi connectivity index (χ2v) is 7.59. The molecule has 0 saturated carbocycles. The van der Waals surface area contributed by atoms with E-state index in [0.29, 0.717) is 5.56 Å². The summed E-state index contributed by atoms with van der Waals surface area (Å²) in [5.41, 5.74) is 0.535. The maximum absolute atomic E-state index is 11.0. The average Bonchev–Trinajstić information content (AvgIpc) is 2.74. The molecule has 0 amide bonds. The van der Waals surface area contributed by atoms with Gasteiger partial charge in [-0.3, -0.25) is 0 Å². The van der Waals surface area contributed by atoms with Crippen molar-refractivity contribution in [3.8, 4) is 0 Å². The molecule has 0 N–H and O–H groups in total. The van der Waals surface area contributed by atoms with E-state index in [0.717, 1.165) is 6.26 Å². The Hall–Kier alpha value is -1.61. The number of quaternary nitrogens is 1. The third-order valence-electron chi connectivity index (χ3n) is 5.14. The van der Waals surface area contributed by atoms with Gasteiger partial charge in [0.05, 0.1) is 38.0 Å². The van der Waals surface area contributed by atoms with E-state index in [2.05, 4.69) is 39.0 Å². The smallest absolute Gasteiger partial charge is 0.342 e. The molecule has 160 valence electrons. The van der Waals surface area contributed by atoms with Crippen LogP contribution in [0, 0.1) is 0 Å². The lowest BCUT2D eigenvalue weighted by Gasteiger charge is -2.39. The topological polar surface area (TPSA) is 26.3 Å². The minimum Gasteiger partial charge on any atom is -0.432 e. The van der Waals surface area contributed by atoms with E-state index in [1.807, 2.05) is 6.07 Å². The molecule has 0 bridgehead atoms. The van der Waals surface area contributed by atoms with Gasteiger partial charge in [-0.25, -0.2) is 4.79 Å². The second-order valence-electron chi connectivity index (χ2n) is 7.59. The number of rotatable bonds is 14. The van der Waals surface area contributed by atoms with Gasteiger partial charge in [0.2, 0.25) is 0 Å². The molecule has 0 spiro atoms. The normalized spacial score (nSPS) is 10.7. The first kappa shape index (κ1) is 26.4. The SMILES string of the molecule is C=COC(=O)c1ccccc1.CCCC[N+](CCCC)(CCCC)CCCC. The molecule has 0 fully saturated rings. The highest BCUT2D eigenvalue weighted by Gasteiger charge is 2.24. The summed E-state index contributed by atoms with van der Waals surface area (Å²) < 4.78 is 5.97. The van der Waals surface area contributed by atoms with Gasteiger partial charge >= 0.3 is 5.97 Å². The maximum atomic E-state index is 11.0. The third-order valence-corrected chi connectivity index (χ3v) is 5.14. The highest BCUT2D eigenvalue weighted by atomic mass is 16.5. The van der Waals surface area contributed by atoms with E-state index in [1.165, 1.54) is 82.0 Å². The molecular formula is C25H44NO2+. The number of hydrogen-bond acceptors (Lipinski definition) is 2. The van der Waals surface area contributed by atoms with Crippen LogP contribution in [0.25, 0.3) is 0 Å². The van der Waals surface area contributed by atoms with Crippen LogP contribution in [0.2, 0.25) is 0 Å². The van der Waals surface area contributed by atoms with Crippen molar-refractivity contribution in [2.45, 2.75) is 79.1 Å². The van der Waals surface area contributed by atoms with Crippen LogP contribution in [0.1, 0.15) is 89.4 Å². The lowest BCUT2D eigenvalue weighted by Crippen LogP contribution is -2.50. The fourth-order valence-corrected chi connectivity index (χ4v) is 3.36. The highest BCUT2D eigenvalue weighted by molar-refractivity contribution is 5.89. The van der Waals surface area contributed by atoms with Crippen LogP contribution in [0.5, 0.6) is 0 Å². The van der Waals surface area contributed by atoms with Crippen molar-refractivity contribution in [2.75, 3.05) is 26.2 Å². The first-order chi connectivity index (χ1) is 13.6. The number of unbranched alkanes of at least 4 members (excludes halogenated alkanes) is 4. The summed E-state index contributed by atoms with van der Waals surface area (Å²) in [5.74, 6) is -0.374. The van der Waals surface area contributed by atoms with Crippen molar-refractivity contribution in [1.82, 2.24) is 0 Å². The Balaban J connectivity index is 0.000000567. The van der Waals surface area contributed by atoms with Crippen LogP contribution in [0.4, 0.5) is 0 Å². The number of benzene rings is 1. The Morgan fingerprint density at radius 3 is 1.54 bits per heavy atom. The molecule has 1 aromatic rings. The van der Waals surface area contributed by atoms with Gasteiger partial charge < -0.3 is 9.22 Å². The van der Waals surface area contributed by atoms with E-state index in [-0.39, 0.29) is 5.97 Å². The van der Waals surface area contributed by atoms with Crippen molar-refractivity contribution in [1.29, 1.82) is 0 Å². The number of carbonyl (C=O) groups excluding carboxylic acids is 1. The van der Waals surface area contributed by atoms with Crippen LogP contribution in [-0.2, 0) is 4.74 Å². The molecule has 3 nitrogen and oxygen atoms in total. The highest BCUT2D eigenvalue weighted by Crippen LogP contribution is 2.16. The van der Waals surface area contributed by atoms with Crippen LogP contribution >= 0.6 is 0 Å². The Kier molecular flexibility index (Phi) is 16.5. The summed E-state index contributed by atoms with van der Waals surface area (Å²) in [6.07, 6.45) is 12.2. The summed E-state index contributed by atoms with van der Waals surface area (Å²) in [7, 11) is 0. The summed E-state index contributed by atoms with van der Waals surface area (Å²) in [6.45, 7) is 18.3. The maximum Gasteiger partial charge on any atom is 0.342 e. The summed E-state index contributed by atoms with van der Waals surface area (Å²) in [6, 6.07) is 8.77. The quantitative estimate of drug-likeness (QED) is 0.194. The zero-order valence-electron chi connectivity index (χ0n) is 18.9. The van der Waals surface area contributed by atoms with Gasteiger partial charge in [-0.1, -0.05) is 78.2 Å². The molecule has 0 atom stereocenters. The standard InChI is InChI=1S/C16H36N.C9H8O2/c1-5-9-13-17(14-10-6-2,15-11-7-3)16-12-8-4;1-2-11-9(10)8-6-4-3-5-7-8/h5-16H2,1-4H3;2-7H,1H2/q+1;. The van der Waals surface area contributed by atoms with E-state index in [4.69, 9.17) is 0 Å². The molecular weight excluding hydrogens is 346 g/mol. The lowest BCUT2D eigenvalue weighted by molar-refractivity contribution is -0.929. The van der Waals surface area contributed by atoms with Gasteiger partial charge in [0, 0.05) is 0 Å². The van der Waals surface area contributed by atoms with Gasteiger partial charge in [0.25, 0.3) is 0 Å². The van der Waals surface area contributed by atoms with Crippen molar-refractivity contribution < 1.29 is 14.0 Å². The zero-order chi connectivity index (χ0) is 21.1. The fraction of sp³-hybridized carbons (Fsp3) is 0.640. The van der Waals surface area contributed by atoms with Crippen LogP contribution in [0.15, 0.2) is 43.2 Å². The summed E-state index contributed by atoms with van der Waals surface area (Å²) in [5, 5.41) is 0. The van der Waals surface area contributed by atoms with E-state index < -0.39 is 0 Å². The first-order valence-corrected chi connectivity index (χ1v) is 11.3. The van der Waals surface area contributed by atoms with Crippen molar-refractivity contribution >= 4 is 5.97 Å². The summed E-state index contributed by atoms with van der Waals surface area (Å²) in [4.78, 5) is 11.0. The van der Waals surface area contributed by atoms with Crippen molar-refractivity contribution in [2.24, 2.45) is 0 Å². The Bertz CT molecular complexity index is 461. The zero-order valence-corrected chi connectivity index (χ0v) is 18.9. The molecule has 3 heteroatoms. The number of carbonyl (C=O) groups is 1. The number of hydrogen-bond donors (Lipinski definition) is 0. The minimum atomic E-state index is -0.374. The van der Waals surface area contributed by atoms with Gasteiger partial charge in [-0.15, -0.1) is 0 Å². The van der Waals surface area contributed by atoms with E-state index in [9.17, 15) is 4.79 Å². The monoisotopic (exact) mass is 390 g/mol. The molecule has 0 heterocycles. The van der Waals surface area contributed by atoms with Gasteiger partial charge in [-0.2, -0.15) is 0 Å². The largest absolute Gasteiger partial charge is 0.432 e. The van der Waals surface area contributed by atoms with Crippen LogP contribution in [0.3, 0.4) is 0 Å². The Labute approximate surface area is 174 Å². The number of nitrogens with zero attached hydrogens (tertiary/aromatic N) is 1. The molecule has 0 aromatic heterocycles. The molecule has 0 saturated heterocycles. The van der Waals surface area contributed by atoms with E-state index in [1.54, 1.807) is 24.3 Å². The summed E-state index contributed by atoms with van der Waals surface area (Å²) >= 11 is 0. The molecule has 0 unspecified atom stereocenters. The molecule has 0 aliphatic heterocycles. The molecule has 28 heavy (non-hydrogen) atoms. The Morgan fingerprint density at radius 1 is 0.821 bits per heavy atom. The predicted octanol–water partition coefficient (Wildman–Crippen LogP) is 6.99. The third kappa shape index (κ3) is 12.0. The van der Waals surface area contributed by atoms with Gasteiger partial charge in [-0.05, 0) is 37.8 Å². The van der Waals surface area contributed by atoms with Crippen molar-refractivity contribution in [3.63, 3.8) is 0 Å². The van der Waals surface area contributed by atoms with Crippen LogP contribution < -0.4 is 0 Å². The van der Waals surface area contributed by atoms with E-state index >= 15 is 0 Å². The molecule has 1 aromatic carbocycles. The number of esters is 1. The fourth-order valence-electron chi connectivity index (χ4n) is 3.36. The molecule has 1 rings (SSSR count). The van der Waals surface area contributed by atoms with Crippen molar-refractivity contribution in [3.05, 3.63) is 48.7 Å². The molecule has 0 radical (unpaired) electrons. The first-order valence-electron chi connectivity index (χ1n) is 11.3. The van der Waals surface area contributed by atoms with Crippen LogP contribution in [-0.4, -0.2) is 36.6 Å². The molecule has 0 aliphatic rings. The van der Waals surface area contributed by atoms with Gasteiger partial charge in [0.15, 0.2) is 0 Å². The van der Waals surface area contributed by atoms with Gasteiger partial charge in [0.1, 0.15) is 0 Å².